The third kappa shape index (κ3) is 4.95. The maximum absolute atomic E-state index is 13.5. The van der Waals surface area contributed by atoms with Gasteiger partial charge in [0.1, 0.15) is 11.6 Å². The van der Waals surface area contributed by atoms with Crippen LogP contribution < -0.4 is 15.4 Å². The molecule has 11 heteroatoms. The van der Waals surface area contributed by atoms with Gasteiger partial charge in [-0.1, -0.05) is 17.7 Å². The predicted octanol–water partition coefficient (Wildman–Crippen LogP) is 2.95. The molecule has 4 aliphatic rings. The Morgan fingerprint density at radius 1 is 1.31 bits per heavy atom. The van der Waals surface area contributed by atoms with Crippen molar-refractivity contribution in [1.29, 1.82) is 0 Å². The standard InChI is InChI=1S/C25H26ClFN4O5/c1-14(32)31-6-4-15(5-7-31)24-28-12-21(36-24)23(34)29-20-11-25(9-16(20)10-25)30-22(33)13-35-17-2-3-18(26)19(27)8-17/h2-4,8,12,16,20H,5-7,9-11,13H2,1H3,(H,29,34)(H,30,33)/t16?,20-,25?/m1/s1. The first-order valence-corrected chi connectivity index (χ1v) is 12.2. The first kappa shape index (κ1) is 24.3. The molecule has 1 aromatic carbocycles. The molecule has 3 amide bonds. The van der Waals surface area contributed by atoms with Crippen LogP contribution in [0.5, 0.6) is 5.75 Å². The molecule has 1 aliphatic heterocycles. The van der Waals surface area contributed by atoms with Gasteiger partial charge in [-0.05, 0) is 43.7 Å². The van der Waals surface area contributed by atoms with Gasteiger partial charge in [0.15, 0.2) is 6.61 Å². The summed E-state index contributed by atoms with van der Waals surface area (Å²) in [4.78, 5) is 42.6. The van der Waals surface area contributed by atoms with Gasteiger partial charge < -0.3 is 24.7 Å². The molecule has 2 aromatic rings. The third-order valence-electron chi connectivity index (χ3n) is 7.13. The number of rotatable bonds is 7. The lowest BCUT2D eigenvalue weighted by atomic mass is 9.76. The van der Waals surface area contributed by atoms with Crippen LogP contribution in [0.4, 0.5) is 4.39 Å². The zero-order valence-electron chi connectivity index (χ0n) is 19.7. The van der Waals surface area contributed by atoms with Crippen LogP contribution in [0.2, 0.25) is 5.02 Å². The lowest BCUT2D eigenvalue weighted by molar-refractivity contribution is -0.128. The van der Waals surface area contributed by atoms with Crippen LogP contribution >= 0.6 is 11.6 Å². The van der Waals surface area contributed by atoms with E-state index < -0.39 is 5.82 Å². The molecule has 190 valence electrons. The highest BCUT2D eigenvalue weighted by atomic mass is 35.5. The average Bonchev–Trinajstić information content (AvgIpc) is 3.53. The Kier molecular flexibility index (Phi) is 6.46. The maximum Gasteiger partial charge on any atom is 0.288 e. The summed E-state index contributed by atoms with van der Waals surface area (Å²) >= 11 is 5.66. The summed E-state index contributed by atoms with van der Waals surface area (Å²) in [5.41, 5.74) is 0.496. The summed E-state index contributed by atoms with van der Waals surface area (Å²) in [7, 11) is 0. The minimum Gasteiger partial charge on any atom is -0.484 e. The molecular weight excluding hydrogens is 491 g/mol. The zero-order valence-corrected chi connectivity index (χ0v) is 20.4. The molecule has 0 saturated heterocycles. The molecule has 6 rings (SSSR count). The second-order valence-corrected chi connectivity index (χ2v) is 10.0. The minimum atomic E-state index is -0.613. The smallest absolute Gasteiger partial charge is 0.288 e. The Morgan fingerprint density at radius 2 is 2.11 bits per heavy atom. The number of nitrogens with zero attached hydrogens (tertiary/aromatic N) is 2. The molecular formula is C25H26ClFN4O5. The maximum atomic E-state index is 13.5. The van der Waals surface area contributed by atoms with Crippen molar-refractivity contribution in [2.75, 3.05) is 19.7 Å². The van der Waals surface area contributed by atoms with Crippen molar-refractivity contribution in [3.8, 4) is 5.75 Å². The number of nitrogens with one attached hydrogen (secondary N) is 2. The van der Waals surface area contributed by atoms with Gasteiger partial charge in [0, 0.05) is 43.2 Å². The Labute approximate surface area is 212 Å². The molecule has 2 bridgehead atoms. The van der Waals surface area contributed by atoms with Crippen LogP contribution in [0, 0.1) is 11.7 Å². The summed E-state index contributed by atoms with van der Waals surface area (Å²) < 4.78 is 24.6. The summed E-state index contributed by atoms with van der Waals surface area (Å²) in [6.07, 6.45) is 6.06. The molecule has 0 radical (unpaired) electrons. The Morgan fingerprint density at radius 3 is 2.81 bits per heavy atom. The molecule has 2 heterocycles. The number of oxazole rings is 1. The number of fused-ring (bicyclic) bond motifs is 1. The molecule has 1 aromatic heterocycles. The van der Waals surface area contributed by atoms with E-state index in [4.69, 9.17) is 20.8 Å². The Bertz CT molecular complexity index is 1240. The monoisotopic (exact) mass is 516 g/mol. The zero-order chi connectivity index (χ0) is 25.4. The highest BCUT2D eigenvalue weighted by Gasteiger charge is 2.57. The fourth-order valence-electron chi connectivity index (χ4n) is 5.27. The second kappa shape index (κ2) is 9.57. The van der Waals surface area contributed by atoms with Gasteiger partial charge in [-0.3, -0.25) is 14.4 Å². The molecule has 9 nitrogen and oxygen atoms in total. The number of ether oxygens (including phenoxy) is 1. The van der Waals surface area contributed by atoms with Gasteiger partial charge in [-0.15, -0.1) is 0 Å². The quantitative estimate of drug-likeness (QED) is 0.585. The van der Waals surface area contributed by atoms with Crippen LogP contribution in [0.3, 0.4) is 0 Å². The van der Waals surface area contributed by atoms with Crippen molar-refractivity contribution in [1.82, 2.24) is 20.5 Å². The van der Waals surface area contributed by atoms with Gasteiger partial charge in [0.05, 0.1) is 11.2 Å². The normalized spacial score (nSPS) is 24.5. The number of hydrogen-bond acceptors (Lipinski definition) is 6. The SMILES string of the molecule is CC(=O)N1CC=C(c2ncc(C(=O)N[C@@H]3CC4(NC(=O)COc5ccc(Cl)c(F)c5)CC3C4)o2)CC1. The molecule has 1 atom stereocenters. The molecule has 36 heavy (non-hydrogen) atoms. The predicted molar refractivity (Wildman–Crippen MR) is 128 cm³/mol. The topological polar surface area (TPSA) is 114 Å². The van der Waals surface area contributed by atoms with Gasteiger partial charge in [-0.2, -0.15) is 0 Å². The van der Waals surface area contributed by atoms with Gasteiger partial charge in [0.2, 0.25) is 17.6 Å². The van der Waals surface area contributed by atoms with Crippen LogP contribution in [-0.4, -0.2) is 58.9 Å². The van der Waals surface area contributed by atoms with Crippen molar-refractivity contribution in [3.05, 3.63) is 53.0 Å². The highest BCUT2D eigenvalue weighted by Crippen LogP contribution is 2.52. The summed E-state index contributed by atoms with van der Waals surface area (Å²) in [5.74, 6) is -0.235. The Hall–Kier alpha value is -3.40. The summed E-state index contributed by atoms with van der Waals surface area (Å²) in [6.45, 7) is 2.37. The van der Waals surface area contributed by atoms with Crippen LogP contribution in [0.25, 0.3) is 5.57 Å². The number of hydrogen-bond donors (Lipinski definition) is 2. The van der Waals surface area contributed by atoms with E-state index in [-0.39, 0.29) is 58.4 Å². The van der Waals surface area contributed by atoms with Gasteiger partial charge in [0.25, 0.3) is 11.8 Å². The number of aromatic nitrogens is 1. The lowest BCUT2D eigenvalue weighted by Crippen LogP contribution is -2.53. The van der Waals surface area contributed by atoms with Crippen LogP contribution in [0.15, 0.2) is 34.9 Å². The first-order chi connectivity index (χ1) is 17.2. The first-order valence-electron chi connectivity index (χ1n) is 11.8. The number of halogens is 2. The van der Waals surface area contributed by atoms with E-state index in [0.29, 0.717) is 31.8 Å². The molecule has 0 spiro atoms. The molecule has 2 N–H and O–H groups in total. The van der Waals surface area contributed by atoms with Gasteiger partial charge >= 0.3 is 0 Å². The van der Waals surface area contributed by atoms with Crippen molar-refractivity contribution in [3.63, 3.8) is 0 Å². The number of carbonyl (C=O) groups excluding carboxylic acids is 3. The molecule has 3 aliphatic carbocycles. The third-order valence-corrected chi connectivity index (χ3v) is 7.43. The van der Waals surface area contributed by atoms with Crippen molar-refractivity contribution in [2.45, 2.75) is 44.2 Å². The van der Waals surface area contributed by atoms with E-state index in [0.717, 1.165) is 24.5 Å². The average molecular weight is 517 g/mol. The molecule has 3 saturated carbocycles. The van der Waals surface area contributed by atoms with Crippen molar-refractivity contribution < 1.29 is 27.9 Å². The number of amides is 3. The fraction of sp³-hybridized carbons (Fsp3) is 0.440. The lowest BCUT2D eigenvalue weighted by Gasteiger charge is -2.39. The van der Waals surface area contributed by atoms with Crippen LogP contribution in [-0.2, 0) is 9.59 Å². The Balaban J connectivity index is 1.11. The highest BCUT2D eigenvalue weighted by molar-refractivity contribution is 6.30. The van der Waals surface area contributed by atoms with Crippen LogP contribution in [0.1, 0.15) is 49.1 Å². The summed E-state index contributed by atoms with van der Waals surface area (Å²) in [5, 5.41) is 6.01. The molecule has 3 fully saturated rings. The van der Waals surface area contributed by atoms with E-state index >= 15 is 0 Å². The van der Waals surface area contributed by atoms with E-state index in [1.54, 1.807) is 4.90 Å². The van der Waals surface area contributed by atoms with E-state index in [1.165, 1.54) is 25.3 Å². The fourth-order valence-corrected chi connectivity index (χ4v) is 5.39. The van der Waals surface area contributed by atoms with E-state index in [9.17, 15) is 18.8 Å². The number of carbonyl (C=O) groups is 3. The minimum absolute atomic E-state index is 0.0149. The summed E-state index contributed by atoms with van der Waals surface area (Å²) in [6, 6.07) is 3.91. The number of benzene rings is 1. The van der Waals surface area contributed by atoms with Gasteiger partial charge in [-0.25, -0.2) is 9.37 Å². The van der Waals surface area contributed by atoms with E-state index in [1.807, 2.05) is 6.08 Å². The van der Waals surface area contributed by atoms with Crippen molar-refractivity contribution >= 4 is 34.9 Å². The van der Waals surface area contributed by atoms with Crippen molar-refractivity contribution in [2.24, 2.45) is 5.92 Å². The molecule has 0 unspecified atom stereocenters. The largest absolute Gasteiger partial charge is 0.484 e. The second-order valence-electron chi connectivity index (χ2n) is 9.62. The van der Waals surface area contributed by atoms with E-state index in [2.05, 4.69) is 15.6 Å².